The van der Waals surface area contributed by atoms with Crippen molar-refractivity contribution >= 4 is 23.2 Å². The maximum atomic E-state index is 6.41. The van der Waals surface area contributed by atoms with Crippen LogP contribution in [0.15, 0.2) is 12.1 Å². The van der Waals surface area contributed by atoms with Crippen LogP contribution in [0.25, 0.3) is 0 Å². The lowest BCUT2D eigenvalue weighted by Crippen LogP contribution is -2.48. The van der Waals surface area contributed by atoms with Crippen LogP contribution in [0.2, 0.25) is 10.0 Å². The van der Waals surface area contributed by atoms with Crippen LogP contribution in [0.5, 0.6) is 5.75 Å². The van der Waals surface area contributed by atoms with Crippen LogP contribution in [0.3, 0.4) is 0 Å². The Hall–Kier alpha value is -0.440. The van der Waals surface area contributed by atoms with Gasteiger partial charge in [-0.2, -0.15) is 0 Å². The van der Waals surface area contributed by atoms with Gasteiger partial charge in [0.05, 0.1) is 10.0 Å². The molecule has 0 bridgehead atoms. The molecule has 1 aliphatic carbocycles. The fourth-order valence-corrected chi connectivity index (χ4v) is 4.07. The summed E-state index contributed by atoms with van der Waals surface area (Å²) in [5.41, 5.74) is 1.17. The van der Waals surface area contributed by atoms with Gasteiger partial charge in [0.2, 0.25) is 0 Å². The SMILES string of the molecule is CN(C)C[C@H]1CCCC[C@]12Cc1cc(Cl)c(Cl)cc1O2. The first-order chi connectivity index (χ1) is 9.50. The normalized spacial score (nSPS) is 28.8. The van der Waals surface area contributed by atoms with E-state index in [1.165, 1.54) is 24.8 Å². The van der Waals surface area contributed by atoms with Gasteiger partial charge in [-0.25, -0.2) is 0 Å². The molecular weight excluding hydrogens is 293 g/mol. The Bertz CT molecular complexity index is 484. The van der Waals surface area contributed by atoms with Gasteiger partial charge in [0, 0.05) is 24.9 Å². The predicted molar refractivity (Wildman–Crippen MR) is 84.0 cm³/mol. The summed E-state index contributed by atoms with van der Waals surface area (Å²) in [6.07, 6.45) is 5.90. The molecule has 0 N–H and O–H groups in total. The minimum Gasteiger partial charge on any atom is -0.486 e. The first-order valence-corrected chi connectivity index (χ1v) is 8.07. The average Bonchev–Trinajstić information content (AvgIpc) is 2.71. The summed E-state index contributed by atoms with van der Waals surface area (Å²) in [5.74, 6) is 1.52. The second kappa shape index (κ2) is 5.40. The molecule has 3 rings (SSSR count). The first-order valence-electron chi connectivity index (χ1n) is 7.32. The molecule has 0 radical (unpaired) electrons. The zero-order valence-corrected chi connectivity index (χ0v) is 13.6. The molecule has 0 amide bonds. The summed E-state index contributed by atoms with van der Waals surface area (Å²) in [6, 6.07) is 3.87. The second-order valence-corrected chi connectivity index (χ2v) is 7.24. The quantitative estimate of drug-likeness (QED) is 0.801. The maximum Gasteiger partial charge on any atom is 0.125 e. The van der Waals surface area contributed by atoms with Crippen LogP contribution >= 0.6 is 23.2 Å². The summed E-state index contributed by atoms with van der Waals surface area (Å²) in [7, 11) is 4.27. The Morgan fingerprint density at radius 3 is 2.75 bits per heavy atom. The number of halogens is 2. The zero-order valence-electron chi connectivity index (χ0n) is 12.1. The first kappa shape index (κ1) is 14.5. The zero-order chi connectivity index (χ0) is 14.3. The van der Waals surface area contributed by atoms with Gasteiger partial charge in [-0.3, -0.25) is 0 Å². The van der Waals surface area contributed by atoms with Crippen LogP contribution in [-0.4, -0.2) is 31.1 Å². The van der Waals surface area contributed by atoms with Crippen molar-refractivity contribution in [2.45, 2.75) is 37.7 Å². The van der Waals surface area contributed by atoms with E-state index in [1.807, 2.05) is 12.1 Å². The van der Waals surface area contributed by atoms with E-state index in [0.717, 1.165) is 25.1 Å². The number of hydrogen-bond donors (Lipinski definition) is 0. The lowest BCUT2D eigenvalue weighted by molar-refractivity contribution is -0.0149. The third-order valence-corrected chi connectivity index (χ3v) is 5.36. The van der Waals surface area contributed by atoms with Crippen molar-refractivity contribution in [3.63, 3.8) is 0 Å². The highest BCUT2D eigenvalue weighted by Gasteiger charge is 2.47. The minimum atomic E-state index is -0.0428. The third kappa shape index (κ3) is 2.54. The van der Waals surface area contributed by atoms with E-state index in [0.29, 0.717) is 16.0 Å². The molecular formula is C16H21Cl2NO. The van der Waals surface area contributed by atoms with Gasteiger partial charge in [0.1, 0.15) is 11.4 Å². The molecule has 1 aromatic rings. The number of fused-ring (bicyclic) bond motifs is 1. The summed E-state index contributed by atoms with van der Waals surface area (Å²) in [6.45, 7) is 1.08. The molecule has 0 saturated heterocycles. The predicted octanol–water partition coefficient (Wildman–Crippen LogP) is 4.42. The van der Waals surface area contributed by atoms with Gasteiger partial charge >= 0.3 is 0 Å². The van der Waals surface area contributed by atoms with Crippen molar-refractivity contribution in [3.05, 3.63) is 27.7 Å². The molecule has 2 nitrogen and oxygen atoms in total. The van der Waals surface area contributed by atoms with E-state index >= 15 is 0 Å². The standard InChI is InChI=1S/C16H21Cl2NO/c1-19(2)10-12-5-3-4-6-16(12)9-11-7-13(17)14(18)8-15(11)20-16/h7-8,12H,3-6,9-10H2,1-2H3/t12-,16+/m1/s1. The summed E-state index contributed by atoms with van der Waals surface area (Å²) < 4.78 is 6.41. The molecule has 110 valence electrons. The number of ether oxygens (including phenoxy) is 1. The lowest BCUT2D eigenvalue weighted by Gasteiger charge is -2.41. The molecule has 0 unspecified atom stereocenters. The van der Waals surface area contributed by atoms with Crippen LogP contribution in [-0.2, 0) is 6.42 Å². The molecule has 1 saturated carbocycles. The molecule has 0 aromatic heterocycles. The van der Waals surface area contributed by atoms with Gasteiger partial charge in [0.15, 0.2) is 0 Å². The lowest BCUT2D eigenvalue weighted by atomic mass is 9.73. The number of benzene rings is 1. The van der Waals surface area contributed by atoms with Gasteiger partial charge in [-0.15, -0.1) is 0 Å². The maximum absolute atomic E-state index is 6.41. The molecule has 2 aliphatic rings. The van der Waals surface area contributed by atoms with E-state index in [4.69, 9.17) is 27.9 Å². The molecule has 1 spiro atoms. The van der Waals surface area contributed by atoms with Crippen molar-refractivity contribution in [3.8, 4) is 5.75 Å². The Morgan fingerprint density at radius 1 is 1.25 bits per heavy atom. The van der Waals surface area contributed by atoms with Gasteiger partial charge in [-0.1, -0.05) is 29.6 Å². The van der Waals surface area contributed by atoms with Crippen LogP contribution < -0.4 is 4.74 Å². The molecule has 1 aromatic carbocycles. The number of nitrogens with zero attached hydrogens (tertiary/aromatic N) is 1. The summed E-state index contributed by atoms with van der Waals surface area (Å²) >= 11 is 12.3. The van der Waals surface area contributed by atoms with E-state index in [1.54, 1.807) is 0 Å². The molecule has 1 aliphatic heterocycles. The average molecular weight is 314 g/mol. The van der Waals surface area contributed by atoms with Crippen molar-refractivity contribution < 1.29 is 4.74 Å². The van der Waals surface area contributed by atoms with Crippen molar-refractivity contribution in [1.29, 1.82) is 0 Å². The molecule has 2 atom stereocenters. The fourth-order valence-electron chi connectivity index (χ4n) is 3.73. The Morgan fingerprint density at radius 2 is 2.00 bits per heavy atom. The highest BCUT2D eigenvalue weighted by molar-refractivity contribution is 6.42. The van der Waals surface area contributed by atoms with Crippen LogP contribution in [0, 0.1) is 5.92 Å². The van der Waals surface area contributed by atoms with Crippen molar-refractivity contribution in [1.82, 2.24) is 4.90 Å². The number of rotatable bonds is 2. The van der Waals surface area contributed by atoms with Crippen molar-refractivity contribution in [2.24, 2.45) is 5.92 Å². The topological polar surface area (TPSA) is 12.5 Å². The molecule has 1 fully saturated rings. The highest BCUT2D eigenvalue weighted by Crippen LogP contribution is 2.48. The van der Waals surface area contributed by atoms with Gasteiger partial charge in [-0.05, 0) is 45.0 Å². The highest BCUT2D eigenvalue weighted by atomic mass is 35.5. The van der Waals surface area contributed by atoms with Gasteiger partial charge < -0.3 is 9.64 Å². The second-order valence-electron chi connectivity index (χ2n) is 6.42. The van der Waals surface area contributed by atoms with E-state index < -0.39 is 0 Å². The van der Waals surface area contributed by atoms with E-state index in [-0.39, 0.29) is 5.60 Å². The Labute approximate surface area is 131 Å². The van der Waals surface area contributed by atoms with Crippen LogP contribution in [0.1, 0.15) is 31.2 Å². The minimum absolute atomic E-state index is 0.0428. The molecule has 1 heterocycles. The monoisotopic (exact) mass is 313 g/mol. The summed E-state index contributed by atoms with van der Waals surface area (Å²) in [5, 5.41) is 1.22. The smallest absolute Gasteiger partial charge is 0.125 e. The number of hydrogen-bond acceptors (Lipinski definition) is 2. The third-order valence-electron chi connectivity index (χ3n) is 4.64. The van der Waals surface area contributed by atoms with Crippen molar-refractivity contribution in [2.75, 3.05) is 20.6 Å². The Balaban J connectivity index is 1.90. The van der Waals surface area contributed by atoms with E-state index in [2.05, 4.69) is 19.0 Å². The molecule has 20 heavy (non-hydrogen) atoms. The largest absolute Gasteiger partial charge is 0.486 e. The Kier molecular flexibility index (Phi) is 3.91. The van der Waals surface area contributed by atoms with Gasteiger partial charge in [0.25, 0.3) is 0 Å². The molecule has 4 heteroatoms. The fraction of sp³-hybridized carbons (Fsp3) is 0.625. The summed E-state index contributed by atoms with van der Waals surface area (Å²) in [4.78, 5) is 2.27. The van der Waals surface area contributed by atoms with E-state index in [9.17, 15) is 0 Å². The van der Waals surface area contributed by atoms with Crippen LogP contribution in [0.4, 0.5) is 0 Å².